The molecular formula is C10H15N3O4S2. The lowest BCUT2D eigenvalue weighted by Gasteiger charge is -2.25. The number of benzene rings is 1. The minimum Gasteiger partial charge on any atom is -0.368 e. The third-order valence-corrected chi connectivity index (χ3v) is 6.12. The number of nitrogens with zero attached hydrogens (tertiary/aromatic N) is 1. The molecule has 1 aromatic rings. The first kappa shape index (κ1) is 14.3. The summed E-state index contributed by atoms with van der Waals surface area (Å²) in [7, 11) is -4.57. The Morgan fingerprint density at radius 1 is 1.26 bits per heavy atom. The summed E-state index contributed by atoms with van der Waals surface area (Å²) in [5, 5.41) is 2.92. The van der Waals surface area contributed by atoms with Gasteiger partial charge in [0.25, 0.3) is 0 Å². The van der Waals surface area contributed by atoms with Gasteiger partial charge in [-0.3, -0.25) is 0 Å². The van der Waals surface area contributed by atoms with Crippen LogP contribution in [0.25, 0.3) is 0 Å². The second kappa shape index (κ2) is 4.44. The minimum atomic E-state index is -3.70. The topological polar surface area (TPSA) is 95.6 Å². The van der Waals surface area contributed by atoms with Crippen LogP contribution in [0, 0.1) is 0 Å². The Hall–Kier alpha value is -1.16. The van der Waals surface area contributed by atoms with Gasteiger partial charge in [0.15, 0.2) is 0 Å². The molecule has 1 heterocycles. The van der Waals surface area contributed by atoms with Gasteiger partial charge in [-0.2, -0.15) is 4.72 Å². The van der Waals surface area contributed by atoms with Crippen molar-refractivity contribution in [2.24, 2.45) is 0 Å². The number of fused-ring (bicyclic) bond motifs is 1. The van der Waals surface area contributed by atoms with Crippen LogP contribution in [-0.2, 0) is 20.0 Å². The predicted octanol–water partition coefficient (Wildman–Crippen LogP) is -0.0133. The number of anilines is 1. The highest BCUT2D eigenvalue weighted by Crippen LogP contribution is 2.29. The fourth-order valence-corrected chi connectivity index (χ4v) is 4.13. The highest BCUT2D eigenvalue weighted by Gasteiger charge is 2.29. The fraction of sp³-hybridized carbons (Fsp3) is 0.400. The normalized spacial score (nSPS) is 21.8. The summed E-state index contributed by atoms with van der Waals surface area (Å²) in [6.07, 6.45) is -0.436. The van der Waals surface area contributed by atoms with E-state index in [9.17, 15) is 16.8 Å². The molecule has 2 rings (SSSR count). The van der Waals surface area contributed by atoms with E-state index in [-0.39, 0.29) is 9.79 Å². The molecule has 19 heavy (non-hydrogen) atoms. The van der Waals surface area contributed by atoms with E-state index in [0.29, 0.717) is 5.69 Å². The molecule has 1 aliphatic heterocycles. The molecule has 9 heteroatoms. The van der Waals surface area contributed by atoms with Crippen molar-refractivity contribution in [2.75, 3.05) is 19.4 Å². The molecular weight excluding hydrogens is 290 g/mol. The third kappa shape index (κ3) is 2.46. The maximum Gasteiger partial charge on any atom is 0.244 e. The van der Waals surface area contributed by atoms with Crippen LogP contribution in [0.15, 0.2) is 28.0 Å². The van der Waals surface area contributed by atoms with Crippen molar-refractivity contribution in [3.63, 3.8) is 0 Å². The number of rotatable bonds is 2. The van der Waals surface area contributed by atoms with Crippen LogP contribution in [0.1, 0.15) is 6.92 Å². The van der Waals surface area contributed by atoms with Gasteiger partial charge in [-0.1, -0.05) is 0 Å². The predicted molar refractivity (Wildman–Crippen MR) is 70.7 cm³/mol. The quantitative estimate of drug-likeness (QED) is 0.801. The van der Waals surface area contributed by atoms with Gasteiger partial charge in [0.2, 0.25) is 20.0 Å². The van der Waals surface area contributed by atoms with Crippen molar-refractivity contribution in [2.45, 2.75) is 22.9 Å². The zero-order valence-electron chi connectivity index (χ0n) is 10.7. The van der Waals surface area contributed by atoms with E-state index in [2.05, 4.69) is 10.0 Å². The molecule has 1 aliphatic rings. The lowest BCUT2D eigenvalue weighted by molar-refractivity contribution is 0.520. The van der Waals surface area contributed by atoms with E-state index in [1.54, 1.807) is 6.92 Å². The van der Waals surface area contributed by atoms with Gasteiger partial charge in [-0.05, 0) is 25.1 Å². The van der Waals surface area contributed by atoms with Gasteiger partial charge in [0.05, 0.1) is 16.7 Å². The van der Waals surface area contributed by atoms with E-state index in [1.807, 2.05) is 0 Å². The van der Waals surface area contributed by atoms with Crippen molar-refractivity contribution >= 4 is 25.7 Å². The first-order valence-corrected chi connectivity index (χ1v) is 8.42. The lowest BCUT2D eigenvalue weighted by atomic mass is 10.3. The number of nitrogens with one attached hydrogen (secondary N) is 2. The van der Waals surface area contributed by atoms with E-state index >= 15 is 0 Å². The molecule has 0 radical (unpaired) electrons. The van der Waals surface area contributed by atoms with E-state index in [1.165, 1.54) is 26.2 Å². The average molecular weight is 305 g/mol. The zero-order valence-corrected chi connectivity index (χ0v) is 12.3. The SMILES string of the molecule is CC1Nc2ccc(S(=O)(=O)N(C)C)cc2S(=O)(=O)N1. The summed E-state index contributed by atoms with van der Waals surface area (Å²) in [5.74, 6) is 0. The Bertz CT molecular complexity index is 710. The van der Waals surface area contributed by atoms with Crippen LogP contribution in [-0.4, -0.2) is 41.4 Å². The number of hydrogen-bond acceptors (Lipinski definition) is 5. The summed E-state index contributed by atoms with van der Waals surface area (Å²) >= 11 is 0. The summed E-state index contributed by atoms with van der Waals surface area (Å²) in [5.41, 5.74) is 0.393. The Labute approximate surface area is 112 Å². The van der Waals surface area contributed by atoms with Crippen molar-refractivity contribution in [3.05, 3.63) is 18.2 Å². The minimum absolute atomic E-state index is 0.0574. The van der Waals surface area contributed by atoms with Crippen molar-refractivity contribution in [3.8, 4) is 0 Å². The third-order valence-electron chi connectivity index (χ3n) is 2.73. The van der Waals surface area contributed by atoms with Crippen molar-refractivity contribution in [1.82, 2.24) is 9.03 Å². The molecule has 1 atom stereocenters. The van der Waals surface area contributed by atoms with E-state index < -0.39 is 26.2 Å². The van der Waals surface area contributed by atoms with Gasteiger partial charge in [-0.15, -0.1) is 0 Å². The monoisotopic (exact) mass is 305 g/mol. The van der Waals surface area contributed by atoms with Gasteiger partial charge in [0, 0.05) is 14.1 Å². The first-order chi connectivity index (χ1) is 8.64. The molecule has 0 saturated heterocycles. The smallest absolute Gasteiger partial charge is 0.244 e. The molecule has 0 amide bonds. The standard InChI is InChI=1S/C10H15N3O4S2/c1-7-11-9-5-4-8(19(16,17)13(2)3)6-10(9)18(14,15)12-7/h4-7,11-12H,1-3H3. The van der Waals surface area contributed by atoms with Gasteiger partial charge in [0.1, 0.15) is 4.90 Å². The Balaban J connectivity index is 2.63. The van der Waals surface area contributed by atoms with E-state index in [4.69, 9.17) is 0 Å². The van der Waals surface area contributed by atoms with Crippen LogP contribution in [0.5, 0.6) is 0 Å². The van der Waals surface area contributed by atoms with Crippen LogP contribution in [0.4, 0.5) is 5.69 Å². The maximum absolute atomic E-state index is 12.0. The second-order valence-corrected chi connectivity index (χ2v) is 8.27. The molecule has 7 nitrogen and oxygen atoms in total. The van der Waals surface area contributed by atoms with Crippen LogP contribution in [0.2, 0.25) is 0 Å². The average Bonchev–Trinajstić information content (AvgIpc) is 2.26. The number of sulfonamides is 2. The van der Waals surface area contributed by atoms with Crippen molar-refractivity contribution in [1.29, 1.82) is 0 Å². The van der Waals surface area contributed by atoms with Crippen LogP contribution < -0.4 is 10.0 Å². The van der Waals surface area contributed by atoms with Gasteiger partial charge >= 0.3 is 0 Å². The zero-order chi connectivity index (χ0) is 14.4. The molecule has 0 aliphatic carbocycles. The molecule has 1 unspecified atom stereocenters. The molecule has 1 aromatic carbocycles. The summed E-state index contributed by atoms with van der Waals surface area (Å²) < 4.78 is 51.3. The summed E-state index contributed by atoms with van der Waals surface area (Å²) in [6.45, 7) is 1.66. The number of hydrogen-bond donors (Lipinski definition) is 2. The molecule has 0 saturated carbocycles. The molecule has 106 valence electrons. The lowest BCUT2D eigenvalue weighted by Crippen LogP contribution is -2.42. The summed E-state index contributed by atoms with van der Waals surface area (Å²) in [6, 6.07) is 4.00. The van der Waals surface area contributed by atoms with Gasteiger partial charge in [-0.25, -0.2) is 21.1 Å². The largest absolute Gasteiger partial charge is 0.368 e. The fourth-order valence-electron chi connectivity index (χ4n) is 1.77. The highest BCUT2D eigenvalue weighted by molar-refractivity contribution is 7.90. The van der Waals surface area contributed by atoms with Crippen LogP contribution in [0.3, 0.4) is 0 Å². The molecule has 0 spiro atoms. The first-order valence-electron chi connectivity index (χ1n) is 5.50. The molecule has 0 bridgehead atoms. The molecule has 0 fully saturated rings. The maximum atomic E-state index is 12.0. The Morgan fingerprint density at radius 3 is 2.47 bits per heavy atom. The Morgan fingerprint density at radius 2 is 1.89 bits per heavy atom. The van der Waals surface area contributed by atoms with Crippen molar-refractivity contribution < 1.29 is 16.8 Å². The Kier molecular flexibility index (Phi) is 3.33. The van der Waals surface area contributed by atoms with Crippen LogP contribution >= 0.6 is 0 Å². The second-order valence-electron chi connectivity index (χ2n) is 4.43. The molecule has 0 aromatic heterocycles. The van der Waals surface area contributed by atoms with Gasteiger partial charge < -0.3 is 5.32 Å². The van der Waals surface area contributed by atoms with E-state index in [0.717, 1.165) is 10.4 Å². The summed E-state index contributed by atoms with van der Waals surface area (Å²) in [4.78, 5) is -0.119. The highest BCUT2D eigenvalue weighted by atomic mass is 32.2. The molecule has 2 N–H and O–H groups in total.